The standard InChI is InChI=1S/C11H20O3.C6H12O2.C5H8O.C4H8O.CH4/c1-10(2,3)14-9(12)8-11(13)6-4-5-7-11;1-5(7)8-6(2,3)4;6-5-3-1-2-4-5;1-2-4-5-3-1;/h13H,4-8H2,1-3H3;1-4H3;1-4H2;1-4H2;1H4. The first-order valence-electron chi connectivity index (χ1n) is 12.4. The Morgan fingerprint density at radius 1 is 0.853 bits per heavy atom. The summed E-state index contributed by atoms with van der Waals surface area (Å²) in [5.41, 5.74) is -1.57. The third kappa shape index (κ3) is 22.3. The van der Waals surface area contributed by atoms with Crippen LogP contribution in [0.25, 0.3) is 0 Å². The van der Waals surface area contributed by atoms with Crippen molar-refractivity contribution in [1.82, 2.24) is 0 Å². The predicted octanol–water partition coefficient (Wildman–Crippen LogP) is 5.93. The monoisotopic (exact) mass is 488 g/mol. The molecule has 1 saturated heterocycles. The molecule has 0 atom stereocenters. The lowest BCUT2D eigenvalue weighted by Gasteiger charge is -2.25. The smallest absolute Gasteiger partial charge is 0.309 e. The molecule has 202 valence electrons. The van der Waals surface area contributed by atoms with E-state index in [9.17, 15) is 19.5 Å². The molecular weight excluding hydrogens is 436 g/mol. The average Bonchev–Trinajstić information content (AvgIpc) is 3.36. The van der Waals surface area contributed by atoms with Crippen molar-refractivity contribution in [2.45, 2.75) is 143 Å². The van der Waals surface area contributed by atoms with E-state index < -0.39 is 11.2 Å². The highest BCUT2D eigenvalue weighted by Crippen LogP contribution is 2.32. The summed E-state index contributed by atoms with van der Waals surface area (Å²) < 4.78 is 14.9. The molecule has 0 amide bonds. The van der Waals surface area contributed by atoms with Gasteiger partial charge in [0.1, 0.15) is 17.0 Å². The Bertz CT molecular complexity index is 559. The maximum Gasteiger partial charge on any atom is 0.309 e. The van der Waals surface area contributed by atoms with Crippen molar-refractivity contribution in [2.75, 3.05) is 13.2 Å². The van der Waals surface area contributed by atoms with Gasteiger partial charge in [-0.05, 0) is 80.1 Å². The Morgan fingerprint density at radius 2 is 1.29 bits per heavy atom. The van der Waals surface area contributed by atoms with Gasteiger partial charge in [0.2, 0.25) is 0 Å². The van der Waals surface area contributed by atoms with E-state index in [-0.39, 0.29) is 31.4 Å². The van der Waals surface area contributed by atoms with Crippen molar-refractivity contribution in [1.29, 1.82) is 0 Å². The summed E-state index contributed by atoms with van der Waals surface area (Å²) in [6, 6.07) is 0. The molecule has 1 aliphatic heterocycles. The van der Waals surface area contributed by atoms with E-state index in [0.29, 0.717) is 5.78 Å². The zero-order chi connectivity index (χ0) is 25.5. The molecule has 0 aromatic rings. The van der Waals surface area contributed by atoms with Gasteiger partial charge in [0.15, 0.2) is 0 Å². The third-order valence-corrected chi connectivity index (χ3v) is 4.87. The molecule has 3 aliphatic rings. The molecule has 0 radical (unpaired) electrons. The average molecular weight is 489 g/mol. The minimum atomic E-state index is -0.789. The normalized spacial score (nSPS) is 18.6. The van der Waals surface area contributed by atoms with Crippen LogP contribution in [-0.4, -0.2) is 52.8 Å². The summed E-state index contributed by atoms with van der Waals surface area (Å²) in [6.07, 6.45) is 10.2. The van der Waals surface area contributed by atoms with Crippen LogP contribution >= 0.6 is 0 Å². The summed E-state index contributed by atoms with van der Waals surface area (Å²) in [7, 11) is 0. The lowest BCUT2D eigenvalue weighted by atomic mass is 9.98. The highest BCUT2D eigenvalue weighted by Gasteiger charge is 2.35. The number of carbonyl (C=O) groups excluding carboxylic acids is 3. The topological polar surface area (TPSA) is 99.1 Å². The van der Waals surface area contributed by atoms with Gasteiger partial charge in [-0.2, -0.15) is 0 Å². The van der Waals surface area contributed by atoms with E-state index in [1.165, 1.54) is 19.8 Å². The van der Waals surface area contributed by atoms with Crippen molar-refractivity contribution in [3.05, 3.63) is 0 Å². The number of ketones is 1. The Balaban J connectivity index is 0. The van der Waals surface area contributed by atoms with Crippen molar-refractivity contribution in [3.8, 4) is 0 Å². The number of hydrogen-bond donors (Lipinski definition) is 1. The largest absolute Gasteiger partial charge is 0.460 e. The number of hydrogen-bond acceptors (Lipinski definition) is 7. The Kier molecular flexibility index (Phi) is 17.4. The highest BCUT2D eigenvalue weighted by molar-refractivity contribution is 5.80. The van der Waals surface area contributed by atoms with Gasteiger partial charge < -0.3 is 19.3 Å². The molecule has 0 bridgehead atoms. The first-order chi connectivity index (χ1) is 15.1. The molecule has 2 saturated carbocycles. The number of Topliss-reactive ketones (excluding diaryl/α,β-unsaturated/α-hetero) is 1. The SMILES string of the molecule is C.C1CCOC1.CC(=O)OC(C)(C)C.CC(C)(C)OC(=O)CC1(O)CCCC1.O=C1CCCC1. The molecule has 3 fully saturated rings. The van der Waals surface area contributed by atoms with E-state index in [1.54, 1.807) is 0 Å². The summed E-state index contributed by atoms with van der Waals surface area (Å²) in [5.74, 6) is -0.0607. The number of rotatable bonds is 2. The van der Waals surface area contributed by atoms with Crippen molar-refractivity contribution in [3.63, 3.8) is 0 Å². The Morgan fingerprint density at radius 3 is 1.53 bits per heavy atom. The van der Waals surface area contributed by atoms with Crippen LogP contribution in [0.15, 0.2) is 0 Å². The molecule has 1 N–H and O–H groups in total. The maximum atomic E-state index is 11.4. The van der Waals surface area contributed by atoms with Gasteiger partial charge >= 0.3 is 11.9 Å². The number of ether oxygens (including phenoxy) is 3. The van der Waals surface area contributed by atoms with Gasteiger partial charge in [0.05, 0.1) is 12.0 Å². The number of carbonyl (C=O) groups is 3. The van der Waals surface area contributed by atoms with Crippen LogP contribution in [0.2, 0.25) is 0 Å². The minimum Gasteiger partial charge on any atom is -0.460 e. The van der Waals surface area contributed by atoms with E-state index in [0.717, 1.165) is 64.6 Å². The second-order valence-electron chi connectivity index (χ2n) is 11.0. The molecule has 1 heterocycles. The maximum absolute atomic E-state index is 11.4. The van der Waals surface area contributed by atoms with E-state index in [2.05, 4.69) is 0 Å². The lowest BCUT2D eigenvalue weighted by Crippen LogP contribution is -2.32. The second kappa shape index (κ2) is 17.0. The van der Waals surface area contributed by atoms with Crippen LogP contribution in [0.1, 0.15) is 127 Å². The van der Waals surface area contributed by atoms with Crippen LogP contribution in [0.3, 0.4) is 0 Å². The molecule has 0 aromatic carbocycles. The second-order valence-corrected chi connectivity index (χ2v) is 11.0. The van der Waals surface area contributed by atoms with Gasteiger partial charge in [-0.3, -0.25) is 14.4 Å². The fourth-order valence-corrected chi connectivity index (χ4v) is 3.57. The van der Waals surface area contributed by atoms with Gasteiger partial charge in [0, 0.05) is 33.0 Å². The number of esters is 2. The summed E-state index contributed by atoms with van der Waals surface area (Å²) in [5, 5.41) is 9.96. The Labute approximate surface area is 208 Å². The van der Waals surface area contributed by atoms with Crippen molar-refractivity contribution in [2.24, 2.45) is 0 Å². The van der Waals surface area contributed by atoms with E-state index in [4.69, 9.17) is 14.2 Å². The summed E-state index contributed by atoms with van der Waals surface area (Å²) in [4.78, 5) is 31.9. The third-order valence-electron chi connectivity index (χ3n) is 4.87. The van der Waals surface area contributed by atoms with Gasteiger partial charge in [-0.25, -0.2) is 0 Å². The van der Waals surface area contributed by atoms with E-state index in [1.807, 2.05) is 41.5 Å². The molecule has 0 unspecified atom stereocenters. The molecule has 0 aromatic heterocycles. The lowest BCUT2D eigenvalue weighted by molar-refractivity contribution is -0.160. The van der Waals surface area contributed by atoms with Gasteiger partial charge in [0.25, 0.3) is 0 Å². The molecule has 34 heavy (non-hydrogen) atoms. The fraction of sp³-hybridized carbons (Fsp3) is 0.889. The van der Waals surface area contributed by atoms with Crippen LogP contribution in [0, 0.1) is 0 Å². The van der Waals surface area contributed by atoms with E-state index >= 15 is 0 Å². The Hall–Kier alpha value is -1.47. The van der Waals surface area contributed by atoms with Crippen LogP contribution in [-0.2, 0) is 28.6 Å². The first kappa shape index (κ1) is 34.7. The molecular formula is C27H52O7. The zero-order valence-corrected chi connectivity index (χ0v) is 22.1. The zero-order valence-electron chi connectivity index (χ0n) is 22.1. The summed E-state index contributed by atoms with van der Waals surface area (Å²) in [6.45, 7) is 14.4. The van der Waals surface area contributed by atoms with Gasteiger partial charge in [-0.15, -0.1) is 0 Å². The first-order valence-corrected chi connectivity index (χ1v) is 12.4. The van der Waals surface area contributed by atoms with Crippen LogP contribution < -0.4 is 0 Å². The molecule has 7 heteroatoms. The fourth-order valence-electron chi connectivity index (χ4n) is 3.57. The quantitative estimate of drug-likeness (QED) is 0.481. The highest BCUT2D eigenvalue weighted by atomic mass is 16.6. The molecule has 3 rings (SSSR count). The summed E-state index contributed by atoms with van der Waals surface area (Å²) >= 11 is 0. The van der Waals surface area contributed by atoms with Crippen molar-refractivity contribution >= 4 is 17.7 Å². The van der Waals surface area contributed by atoms with Crippen molar-refractivity contribution < 1.29 is 33.7 Å². The van der Waals surface area contributed by atoms with Gasteiger partial charge in [-0.1, -0.05) is 20.3 Å². The van der Waals surface area contributed by atoms with Crippen LogP contribution in [0.5, 0.6) is 0 Å². The number of aliphatic hydroxyl groups is 1. The minimum absolute atomic E-state index is 0. The molecule has 0 spiro atoms. The molecule has 2 aliphatic carbocycles. The van der Waals surface area contributed by atoms with Crippen LogP contribution in [0.4, 0.5) is 0 Å². The molecule has 7 nitrogen and oxygen atoms in total. The predicted molar refractivity (Wildman–Crippen MR) is 136 cm³/mol.